The molecule has 0 amide bonds. The van der Waals surface area contributed by atoms with E-state index < -0.39 is 12.2 Å². The maximum absolute atomic E-state index is 11.2. The van der Waals surface area contributed by atoms with E-state index in [1.807, 2.05) is 0 Å². The van der Waals surface area contributed by atoms with Crippen molar-refractivity contribution in [2.45, 2.75) is 57.2 Å². The highest BCUT2D eigenvalue weighted by Gasteiger charge is 2.23. The highest BCUT2D eigenvalue weighted by molar-refractivity contribution is 5.83. The molecule has 1 rings (SSSR count). The second-order valence-corrected chi connectivity index (χ2v) is 3.78. The van der Waals surface area contributed by atoms with Crippen molar-refractivity contribution in [2.75, 3.05) is 0 Å². The van der Waals surface area contributed by atoms with Crippen LogP contribution in [0.5, 0.6) is 0 Å². The molecule has 1 aliphatic rings. The highest BCUT2D eigenvalue weighted by Crippen LogP contribution is 2.15. The fourth-order valence-electron chi connectivity index (χ4n) is 1.70. The molecule has 3 nitrogen and oxygen atoms in total. The monoisotopic (exact) mass is 186 g/mol. The molecule has 1 aliphatic carbocycles. The van der Waals surface area contributed by atoms with Gasteiger partial charge >= 0.3 is 0 Å². The van der Waals surface area contributed by atoms with Gasteiger partial charge in [0.05, 0.1) is 6.10 Å². The van der Waals surface area contributed by atoms with Gasteiger partial charge in [-0.05, 0) is 12.8 Å². The Kier molecular flexibility index (Phi) is 4.39. The van der Waals surface area contributed by atoms with Gasteiger partial charge < -0.3 is 10.2 Å². The van der Waals surface area contributed by atoms with Gasteiger partial charge in [0.2, 0.25) is 0 Å². The lowest BCUT2D eigenvalue weighted by Gasteiger charge is -2.18. The molecule has 0 aromatic rings. The van der Waals surface area contributed by atoms with Gasteiger partial charge in [-0.15, -0.1) is 0 Å². The van der Waals surface area contributed by atoms with Crippen LogP contribution in [0.3, 0.4) is 0 Å². The first-order valence-corrected chi connectivity index (χ1v) is 5.10. The van der Waals surface area contributed by atoms with E-state index in [9.17, 15) is 15.0 Å². The Bertz CT molecular complexity index is 168. The number of hydrogen-bond donors (Lipinski definition) is 2. The number of hydrogen-bond acceptors (Lipinski definition) is 3. The van der Waals surface area contributed by atoms with Crippen LogP contribution in [0.25, 0.3) is 0 Å². The van der Waals surface area contributed by atoms with Crippen LogP contribution in [0.2, 0.25) is 0 Å². The largest absolute Gasteiger partial charge is 0.390 e. The molecule has 1 saturated carbocycles. The van der Waals surface area contributed by atoms with Crippen molar-refractivity contribution in [1.29, 1.82) is 0 Å². The molecule has 2 N–H and O–H groups in total. The van der Waals surface area contributed by atoms with Crippen molar-refractivity contribution in [2.24, 2.45) is 0 Å². The van der Waals surface area contributed by atoms with Crippen LogP contribution in [0.1, 0.15) is 44.9 Å². The maximum Gasteiger partial charge on any atom is 0.163 e. The summed E-state index contributed by atoms with van der Waals surface area (Å²) in [6, 6.07) is 0. The summed E-state index contributed by atoms with van der Waals surface area (Å²) in [6.45, 7) is 0. The van der Waals surface area contributed by atoms with E-state index in [2.05, 4.69) is 0 Å². The molecule has 0 bridgehead atoms. The quantitative estimate of drug-likeness (QED) is 0.594. The van der Waals surface area contributed by atoms with Gasteiger partial charge in [-0.3, -0.25) is 4.79 Å². The molecule has 0 aromatic carbocycles. The zero-order chi connectivity index (χ0) is 9.68. The minimum Gasteiger partial charge on any atom is -0.390 e. The number of aliphatic hydroxyl groups is 2. The third-order valence-electron chi connectivity index (χ3n) is 2.62. The van der Waals surface area contributed by atoms with E-state index in [1.54, 1.807) is 0 Å². The molecule has 1 fully saturated rings. The van der Waals surface area contributed by atoms with Gasteiger partial charge in [0.25, 0.3) is 0 Å². The molecule has 0 heterocycles. The molecule has 0 radical (unpaired) electrons. The van der Waals surface area contributed by atoms with E-state index >= 15 is 0 Å². The molecule has 0 aromatic heterocycles. The second kappa shape index (κ2) is 5.35. The summed E-state index contributed by atoms with van der Waals surface area (Å²) in [5, 5.41) is 18.8. The first-order valence-electron chi connectivity index (χ1n) is 5.10. The topological polar surface area (TPSA) is 57.5 Å². The van der Waals surface area contributed by atoms with Gasteiger partial charge in [0.1, 0.15) is 6.10 Å². The average molecular weight is 186 g/mol. The first kappa shape index (κ1) is 10.7. The number of rotatable bonds is 0. The Hall–Kier alpha value is -0.410. The highest BCUT2D eigenvalue weighted by atomic mass is 16.3. The molecule has 0 spiro atoms. The lowest BCUT2D eigenvalue weighted by molar-refractivity contribution is -0.133. The Morgan fingerprint density at radius 3 is 2.38 bits per heavy atom. The summed E-state index contributed by atoms with van der Waals surface area (Å²) >= 11 is 0. The predicted octanol–water partition coefficient (Wildman–Crippen LogP) is 1.02. The summed E-state index contributed by atoms with van der Waals surface area (Å²) in [4.78, 5) is 11.2. The Labute approximate surface area is 78.8 Å². The summed E-state index contributed by atoms with van der Waals surface area (Å²) < 4.78 is 0. The summed E-state index contributed by atoms with van der Waals surface area (Å²) in [5.41, 5.74) is 0. The minimum absolute atomic E-state index is 0.200. The van der Waals surface area contributed by atoms with E-state index in [4.69, 9.17) is 0 Å². The van der Waals surface area contributed by atoms with Crippen LogP contribution in [-0.2, 0) is 4.79 Å². The lowest BCUT2D eigenvalue weighted by atomic mass is 9.96. The first-order chi connectivity index (χ1) is 6.22. The Morgan fingerprint density at radius 2 is 1.62 bits per heavy atom. The number of carbonyl (C=O) groups excluding carboxylic acids is 1. The molecular formula is C10H18O3. The van der Waals surface area contributed by atoms with Crippen molar-refractivity contribution in [1.82, 2.24) is 0 Å². The molecule has 3 heteroatoms. The van der Waals surface area contributed by atoms with Crippen LogP contribution >= 0.6 is 0 Å². The van der Waals surface area contributed by atoms with E-state index in [-0.39, 0.29) is 5.78 Å². The van der Waals surface area contributed by atoms with Crippen LogP contribution < -0.4 is 0 Å². The number of ketones is 1. The van der Waals surface area contributed by atoms with Crippen molar-refractivity contribution >= 4 is 5.78 Å². The van der Waals surface area contributed by atoms with Gasteiger partial charge in [-0.25, -0.2) is 0 Å². The number of carbonyl (C=O) groups is 1. The summed E-state index contributed by atoms with van der Waals surface area (Å²) in [6.07, 6.45) is 4.03. The van der Waals surface area contributed by atoms with Crippen LogP contribution in [0.4, 0.5) is 0 Å². The smallest absolute Gasteiger partial charge is 0.163 e. The zero-order valence-corrected chi connectivity index (χ0v) is 7.91. The van der Waals surface area contributed by atoms with Crippen LogP contribution in [0.15, 0.2) is 0 Å². The number of Topliss-reactive ketones (excluding diaryl/α,β-unsaturated/α-hetero) is 1. The molecule has 2 atom stereocenters. The predicted molar refractivity (Wildman–Crippen MR) is 49.3 cm³/mol. The van der Waals surface area contributed by atoms with Gasteiger partial charge in [0, 0.05) is 6.42 Å². The molecule has 76 valence electrons. The van der Waals surface area contributed by atoms with Gasteiger partial charge in [-0.2, -0.15) is 0 Å². The number of aliphatic hydroxyl groups excluding tert-OH is 2. The molecule has 13 heavy (non-hydrogen) atoms. The Morgan fingerprint density at radius 1 is 1.00 bits per heavy atom. The van der Waals surface area contributed by atoms with E-state index in [0.29, 0.717) is 12.8 Å². The third-order valence-corrected chi connectivity index (χ3v) is 2.62. The normalized spacial score (nSPS) is 32.9. The SMILES string of the molecule is O=C1CCCCCCCC(O)C1O. The summed E-state index contributed by atoms with van der Waals surface area (Å²) in [5.74, 6) is -0.200. The molecular weight excluding hydrogens is 168 g/mol. The van der Waals surface area contributed by atoms with Crippen molar-refractivity contribution in [3.05, 3.63) is 0 Å². The zero-order valence-electron chi connectivity index (χ0n) is 7.91. The molecule has 0 saturated heterocycles. The fraction of sp³-hybridized carbons (Fsp3) is 0.900. The van der Waals surface area contributed by atoms with Crippen molar-refractivity contribution in [3.8, 4) is 0 Å². The van der Waals surface area contributed by atoms with Crippen LogP contribution in [0, 0.1) is 0 Å². The van der Waals surface area contributed by atoms with E-state index in [1.165, 1.54) is 0 Å². The average Bonchev–Trinajstić information content (AvgIpc) is 2.13. The minimum atomic E-state index is -1.14. The lowest BCUT2D eigenvalue weighted by Crippen LogP contribution is -2.34. The van der Waals surface area contributed by atoms with E-state index in [0.717, 1.165) is 32.1 Å². The van der Waals surface area contributed by atoms with Gasteiger partial charge in [0.15, 0.2) is 5.78 Å². The molecule has 0 aliphatic heterocycles. The van der Waals surface area contributed by atoms with Gasteiger partial charge in [-0.1, -0.05) is 25.7 Å². The second-order valence-electron chi connectivity index (χ2n) is 3.78. The Balaban J connectivity index is 2.45. The van der Waals surface area contributed by atoms with Crippen molar-refractivity contribution < 1.29 is 15.0 Å². The maximum atomic E-state index is 11.2. The summed E-state index contributed by atoms with van der Waals surface area (Å²) in [7, 11) is 0. The molecule has 2 unspecified atom stereocenters. The fourth-order valence-corrected chi connectivity index (χ4v) is 1.70. The van der Waals surface area contributed by atoms with Crippen molar-refractivity contribution in [3.63, 3.8) is 0 Å². The third kappa shape index (κ3) is 3.44. The van der Waals surface area contributed by atoms with Crippen LogP contribution in [-0.4, -0.2) is 28.2 Å². The standard InChI is InChI=1S/C10H18O3/c11-8-6-4-2-1-3-5-7-9(12)10(8)13/h8,10-11,13H,1-7H2.